The average Bonchev–Trinajstić information content (AvgIpc) is 2.44. The number of nitrogens with one attached hydrogen (secondary N) is 2. The lowest BCUT2D eigenvalue weighted by Gasteiger charge is -2.17. The monoisotopic (exact) mass is 314 g/mol. The van der Waals surface area contributed by atoms with Gasteiger partial charge in [0.2, 0.25) is 5.91 Å². The van der Waals surface area contributed by atoms with Crippen molar-refractivity contribution in [3.8, 4) is 5.75 Å². The Morgan fingerprint density at radius 2 is 2.10 bits per heavy atom. The molecule has 5 heteroatoms. The van der Waals surface area contributed by atoms with Crippen LogP contribution >= 0.6 is 12.4 Å². The minimum absolute atomic E-state index is 0. The van der Waals surface area contributed by atoms with Crippen LogP contribution in [0.2, 0.25) is 0 Å². The van der Waals surface area contributed by atoms with E-state index in [2.05, 4.69) is 24.5 Å². The predicted molar refractivity (Wildman–Crippen MR) is 89.2 cm³/mol. The molecule has 0 spiro atoms. The van der Waals surface area contributed by atoms with Gasteiger partial charge in [-0.1, -0.05) is 19.1 Å². The molecule has 0 bridgehead atoms. The topological polar surface area (TPSA) is 50.4 Å². The van der Waals surface area contributed by atoms with Crippen LogP contribution in [0, 0.1) is 6.92 Å². The van der Waals surface area contributed by atoms with E-state index in [1.54, 1.807) is 0 Å². The standard InChI is InChI=1S/C16H26N2O2.ClH/c1-5-13(3)20-15-10-12(2)6-7-14(15)11-18-16(19)8-9-17-4;/h6-7,10,13,17H,5,8-9,11H2,1-4H3,(H,18,19);1H. The minimum atomic E-state index is 0. The molecule has 1 aromatic carbocycles. The molecule has 120 valence electrons. The summed E-state index contributed by atoms with van der Waals surface area (Å²) in [6.45, 7) is 7.39. The molecule has 0 aliphatic rings. The Morgan fingerprint density at radius 1 is 1.38 bits per heavy atom. The van der Waals surface area contributed by atoms with E-state index in [1.807, 2.05) is 32.2 Å². The fourth-order valence-electron chi connectivity index (χ4n) is 1.74. The smallest absolute Gasteiger partial charge is 0.221 e. The Kier molecular flexibility index (Phi) is 9.84. The van der Waals surface area contributed by atoms with Crippen molar-refractivity contribution in [3.05, 3.63) is 29.3 Å². The number of amides is 1. The molecule has 0 saturated carbocycles. The molecule has 1 amide bonds. The molecule has 0 saturated heterocycles. The largest absolute Gasteiger partial charge is 0.490 e. The highest BCUT2D eigenvalue weighted by molar-refractivity contribution is 5.85. The van der Waals surface area contributed by atoms with E-state index in [-0.39, 0.29) is 24.4 Å². The van der Waals surface area contributed by atoms with Crippen molar-refractivity contribution in [2.75, 3.05) is 13.6 Å². The van der Waals surface area contributed by atoms with Gasteiger partial charge in [0, 0.05) is 25.1 Å². The van der Waals surface area contributed by atoms with Gasteiger partial charge in [0.25, 0.3) is 0 Å². The third kappa shape index (κ3) is 7.34. The normalized spacial score (nSPS) is 11.4. The number of hydrogen-bond acceptors (Lipinski definition) is 3. The van der Waals surface area contributed by atoms with Crippen LogP contribution in [-0.4, -0.2) is 25.6 Å². The third-order valence-electron chi connectivity index (χ3n) is 3.20. The van der Waals surface area contributed by atoms with Crippen LogP contribution in [0.3, 0.4) is 0 Å². The number of benzene rings is 1. The molecule has 1 rings (SSSR count). The number of carbonyl (C=O) groups excluding carboxylic acids is 1. The van der Waals surface area contributed by atoms with Gasteiger partial charge in [-0.2, -0.15) is 0 Å². The van der Waals surface area contributed by atoms with Crippen molar-refractivity contribution in [1.82, 2.24) is 10.6 Å². The SMILES string of the molecule is CCC(C)Oc1cc(C)ccc1CNC(=O)CCNC.Cl. The van der Waals surface area contributed by atoms with Crippen LogP contribution in [0.15, 0.2) is 18.2 Å². The Balaban J connectivity index is 0.00000400. The van der Waals surface area contributed by atoms with Gasteiger partial charge < -0.3 is 15.4 Å². The fraction of sp³-hybridized carbons (Fsp3) is 0.562. The first-order valence-electron chi connectivity index (χ1n) is 7.24. The number of hydrogen-bond donors (Lipinski definition) is 2. The molecule has 1 aromatic rings. The summed E-state index contributed by atoms with van der Waals surface area (Å²) < 4.78 is 5.93. The first kappa shape index (κ1) is 19.7. The highest BCUT2D eigenvalue weighted by Gasteiger charge is 2.09. The minimum Gasteiger partial charge on any atom is -0.490 e. The number of halogens is 1. The van der Waals surface area contributed by atoms with Crippen molar-refractivity contribution in [2.24, 2.45) is 0 Å². The summed E-state index contributed by atoms with van der Waals surface area (Å²) in [4.78, 5) is 11.6. The zero-order valence-electron chi connectivity index (χ0n) is 13.4. The van der Waals surface area contributed by atoms with Crippen LogP contribution < -0.4 is 15.4 Å². The Hall–Kier alpha value is -1.26. The maximum atomic E-state index is 11.6. The summed E-state index contributed by atoms with van der Waals surface area (Å²) in [6, 6.07) is 6.09. The second-order valence-corrected chi connectivity index (χ2v) is 5.08. The summed E-state index contributed by atoms with van der Waals surface area (Å²) in [7, 11) is 1.84. The molecule has 1 atom stereocenters. The predicted octanol–water partition coefficient (Wildman–Crippen LogP) is 2.82. The Labute approximate surface area is 134 Å². The zero-order valence-corrected chi connectivity index (χ0v) is 14.2. The molecule has 0 aromatic heterocycles. The van der Waals surface area contributed by atoms with Crippen LogP contribution in [-0.2, 0) is 11.3 Å². The van der Waals surface area contributed by atoms with Crippen molar-refractivity contribution in [1.29, 1.82) is 0 Å². The van der Waals surface area contributed by atoms with E-state index in [0.717, 1.165) is 23.3 Å². The zero-order chi connectivity index (χ0) is 15.0. The summed E-state index contributed by atoms with van der Waals surface area (Å²) in [6.07, 6.45) is 1.63. The molecule has 1 unspecified atom stereocenters. The van der Waals surface area contributed by atoms with Crippen LogP contribution in [0.4, 0.5) is 0 Å². The Morgan fingerprint density at radius 3 is 2.71 bits per heavy atom. The third-order valence-corrected chi connectivity index (χ3v) is 3.20. The molecule has 0 aliphatic heterocycles. The highest BCUT2D eigenvalue weighted by Crippen LogP contribution is 2.22. The van der Waals surface area contributed by atoms with E-state index in [1.165, 1.54) is 0 Å². The van der Waals surface area contributed by atoms with E-state index in [0.29, 0.717) is 19.5 Å². The Bertz CT molecular complexity index is 438. The average molecular weight is 315 g/mol. The second kappa shape index (κ2) is 10.5. The molecule has 0 aliphatic carbocycles. The maximum absolute atomic E-state index is 11.6. The maximum Gasteiger partial charge on any atom is 0.221 e. The van der Waals surface area contributed by atoms with E-state index < -0.39 is 0 Å². The van der Waals surface area contributed by atoms with Crippen LogP contribution in [0.1, 0.15) is 37.8 Å². The lowest BCUT2D eigenvalue weighted by Crippen LogP contribution is -2.26. The van der Waals surface area contributed by atoms with E-state index in [4.69, 9.17) is 4.74 Å². The highest BCUT2D eigenvalue weighted by atomic mass is 35.5. The lowest BCUT2D eigenvalue weighted by molar-refractivity contribution is -0.121. The quantitative estimate of drug-likeness (QED) is 0.776. The number of rotatable bonds is 8. The van der Waals surface area contributed by atoms with Crippen molar-refractivity contribution < 1.29 is 9.53 Å². The fourth-order valence-corrected chi connectivity index (χ4v) is 1.74. The van der Waals surface area contributed by atoms with Gasteiger partial charge in [0.15, 0.2) is 0 Å². The van der Waals surface area contributed by atoms with Gasteiger partial charge in [-0.05, 0) is 38.9 Å². The van der Waals surface area contributed by atoms with Crippen molar-refractivity contribution in [2.45, 2.75) is 46.3 Å². The number of ether oxygens (including phenoxy) is 1. The molecule has 2 N–H and O–H groups in total. The molecule has 0 radical (unpaired) electrons. The van der Waals surface area contributed by atoms with Gasteiger partial charge in [-0.15, -0.1) is 12.4 Å². The van der Waals surface area contributed by atoms with E-state index >= 15 is 0 Å². The molecular weight excluding hydrogens is 288 g/mol. The molecule has 0 heterocycles. The first-order valence-corrected chi connectivity index (χ1v) is 7.24. The number of carbonyl (C=O) groups is 1. The first-order chi connectivity index (χ1) is 9.56. The summed E-state index contributed by atoms with van der Waals surface area (Å²) in [5.41, 5.74) is 2.18. The van der Waals surface area contributed by atoms with Gasteiger partial charge in [0.05, 0.1) is 6.10 Å². The molecular formula is C16H27ClN2O2. The number of aryl methyl sites for hydroxylation is 1. The summed E-state index contributed by atoms with van der Waals surface area (Å²) in [5, 5.41) is 5.89. The van der Waals surface area contributed by atoms with Gasteiger partial charge in [-0.25, -0.2) is 0 Å². The molecule has 4 nitrogen and oxygen atoms in total. The lowest BCUT2D eigenvalue weighted by atomic mass is 10.1. The van der Waals surface area contributed by atoms with Gasteiger partial charge in [-0.3, -0.25) is 4.79 Å². The second-order valence-electron chi connectivity index (χ2n) is 5.08. The molecule has 0 fully saturated rings. The summed E-state index contributed by atoms with van der Waals surface area (Å²) >= 11 is 0. The van der Waals surface area contributed by atoms with Crippen LogP contribution in [0.25, 0.3) is 0 Å². The van der Waals surface area contributed by atoms with Crippen molar-refractivity contribution >= 4 is 18.3 Å². The van der Waals surface area contributed by atoms with Crippen LogP contribution in [0.5, 0.6) is 5.75 Å². The molecule has 21 heavy (non-hydrogen) atoms. The summed E-state index contributed by atoms with van der Waals surface area (Å²) in [5.74, 6) is 0.919. The van der Waals surface area contributed by atoms with E-state index in [9.17, 15) is 4.79 Å². The van der Waals surface area contributed by atoms with Gasteiger partial charge >= 0.3 is 0 Å². The van der Waals surface area contributed by atoms with Crippen molar-refractivity contribution in [3.63, 3.8) is 0 Å². The van der Waals surface area contributed by atoms with Gasteiger partial charge in [0.1, 0.15) is 5.75 Å².